The van der Waals surface area contributed by atoms with Gasteiger partial charge in [0.2, 0.25) is 5.76 Å². The summed E-state index contributed by atoms with van der Waals surface area (Å²) in [7, 11) is 0. The summed E-state index contributed by atoms with van der Waals surface area (Å²) in [5.74, 6) is -1.40. The lowest BCUT2D eigenvalue weighted by molar-refractivity contribution is -0.340. The highest BCUT2D eigenvalue weighted by Gasteiger charge is 2.27. The Morgan fingerprint density at radius 1 is 1.00 bits per heavy atom. The van der Waals surface area contributed by atoms with Crippen molar-refractivity contribution in [2.75, 3.05) is 0 Å². The van der Waals surface area contributed by atoms with Gasteiger partial charge >= 0.3 is 12.1 Å². The van der Waals surface area contributed by atoms with Crippen LogP contribution in [0.4, 0.5) is 4.79 Å². The predicted octanol–water partition coefficient (Wildman–Crippen LogP) is 2.90. The molecule has 7 nitrogen and oxygen atoms in total. The molecule has 0 radical (unpaired) electrons. The van der Waals surface area contributed by atoms with Gasteiger partial charge in [-0.1, -0.05) is 13.8 Å². The van der Waals surface area contributed by atoms with Gasteiger partial charge < -0.3 is 9.62 Å². The Hall–Kier alpha value is -1.76. The molecule has 0 aliphatic carbocycles. The molecule has 0 aromatic carbocycles. The second-order valence-corrected chi connectivity index (χ2v) is 5.22. The van der Waals surface area contributed by atoms with Crippen LogP contribution in [0.2, 0.25) is 0 Å². The van der Waals surface area contributed by atoms with Crippen molar-refractivity contribution >= 4 is 12.1 Å². The van der Waals surface area contributed by atoms with Gasteiger partial charge in [-0.05, 0) is 40.2 Å². The van der Waals surface area contributed by atoms with E-state index in [0.29, 0.717) is 0 Å². The zero-order valence-corrected chi connectivity index (χ0v) is 12.7. The lowest BCUT2D eigenvalue weighted by Gasteiger charge is -2.27. The van der Waals surface area contributed by atoms with E-state index < -0.39 is 29.6 Å². The minimum absolute atomic E-state index is 0.142. The third kappa shape index (κ3) is 6.98. The maximum Gasteiger partial charge on any atom is 0.550 e. The molecule has 0 heterocycles. The molecule has 0 saturated heterocycles. The highest BCUT2D eigenvalue weighted by atomic mass is 17.3. The molecule has 0 fully saturated rings. The summed E-state index contributed by atoms with van der Waals surface area (Å²) in [5.41, 5.74) is -0.624. The second-order valence-electron chi connectivity index (χ2n) is 5.22. The molecule has 0 unspecified atom stereocenters. The maximum absolute atomic E-state index is 11.4. The number of ether oxygens (including phenoxy) is 1. The standard InChI is InChI=1S/C13H22O7/c1-8(2)13(6,7)20-17-10(5)11(14)18-19-12(15)16-9(3)4/h8-9H,5H2,1-4,6-7H3. The third-order valence-corrected chi connectivity index (χ3v) is 2.49. The van der Waals surface area contributed by atoms with E-state index in [1.807, 2.05) is 13.8 Å². The van der Waals surface area contributed by atoms with E-state index in [1.54, 1.807) is 27.7 Å². The van der Waals surface area contributed by atoms with E-state index in [0.717, 1.165) is 0 Å². The summed E-state index contributed by atoms with van der Waals surface area (Å²) in [5, 5.41) is 0. The Kier molecular flexibility index (Phi) is 7.06. The van der Waals surface area contributed by atoms with Crippen molar-refractivity contribution in [1.82, 2.24) is 0 Å². The molecule has 116 valence electrons. The molecule has 0 aliphatic heterocycles. The molecule has 20 heavy (non-hydrogen) atoms. The van der Waals surface area contributed by atoms with Crippen molar-refractivity contribution in [2.45, 2.75) is 53.2 Å². The van der Waals surface area contributed by atoms with Crippen molar-refractivity contribution in [3.05, 3.63) is 12.3 Å². The highest BCUT2D eigenvalue weighted by Crippen LogP contribution is 2.21. The van der Waals surface area contributed by atoms with Crippen molar-refractivity contribution in [2.24, 2.45) is 5.92 Å². The Bertz CT molecular complexity index is 358. The van der Waals surface area contributed by atoms with Crippen LogP contribution in [0.3, 0.4) is 0 Å². The Balaban J connectivity index is 4.11. The smallest absolute Gasteiger partial charge is 0.429 e. The van der Waals surface area contributed by atoms with Gasteiger partial charge in [0.15, 0.2) is 0 Å². The van der Waals surface area contributed by atoms with Crippen molar-refractivity contribution in [1.29, 1.82) is 0 Å². The van der Waals surface area contributed by atoms with Crippen LogP contribution >= 0.6 is 0 Å². The van der Waals surface area contributed by atoms with Gasteiger partial charge in [0.1, 0.15) is 5.60 Å². The lowest BCUT2D eigenvalue weighted by atomic mass is 9.95. The topological polar surface area (TPSA) is 80.3 Å². The molecule has 0 aliphatic rings. The van der Waals surface area contributed by atoms with Gasteiger partial charge in [0.25, 0.3) is 0 Å². The van der Waals surface area contributed by atoms with Crippen LogP contribution in [-0.4, -0.2) is 23.8 Å². The SMILES string of the molecule is C=C(OOC(C)(C)C(C)C)C(=O)OOC(=O)OC(C)C. The third-order valence-electron chi connectivity index (χ3n) is 2.49. The van der Waals surface area contributed by atoms with Gasteiger partial charge in [0, 0.05) is 0 Å². The highest BCUT2D eigenvalue weighted by molar-refractivity contribution is 5.85. The predicted molar refractivity (Wildman–Crippen MR) is 69.0 cm³/mol. The molecule has 0 saturated carbocycles. The Labute approximate surface area is 118 Å². The molecular weight excluding hydrogens is 268 g/mol. The van der Waals surface area contributed by atoms with Gasteiger partial charge in [-0.15, -0.1) is 0 Å². The number of carbonyl (C=O) groups is 2. The first-order chi connectivity index (χ1) is 9.06. The molecule has 0 aromatic heterocycles. The normalized spacial score (nSPS) is 11.2. The fourth-order valence-corrected chi connectivity index (χ4v) is 0.618. The lowest BCUT2D eigenvalue weighted by Crippen LogP contribution is -2.31. The van der Waals surface area contributed by atoms with E-state index in [9.17, 15) is 9.59 Å². The quantitative estimate of drug-likeness (QED) is 0.244. The average Bonchev–Trinajstić information content (AvgIpc) is 2.32. The zero-order chi connectivity index (χ0) is 15.9. The number of carbonyl (C=O) groups excluding carboxylic acids is 2. The Morgan fingerprint density at radius 3 is 2.00 bits per heavy atom. The number of hydrogen-bond acceptors (Lipinski definition) is 7. The van der Waals surface area contributed by atoms with Crippen LogP contribution in [-0.2, 0) is 29.1 Å². The summed E-state index contributed by atoms with van der Waals surface area (Å²) in [6, 6.07) is 0. The van der Waals surface area contributed by atoms with Crippen LogP contribution in [0.1, 0.15) is 41.5 Å². The minimum Gasteiger partial charge on any atom is -0.429 e. The van der Waals surface area contributed by atoms with Gasteiger partial charge in [-0.25, -0.2) is 14.6 Å². The van der Waals surface area contributed by atoms with Crippen molar-refractivity contribution < 1.29 is 33.9 Å². The summed E-state index contributed by atoms with van der Waals surface area (Å²) < 4.78 is 4.59. The molecule has 7 heteroatoms. The number of rotatable bonds is 6. The largest absolute Gasteiger partial charge is 0.550 e. The van der Waals surface area contributed by atoms with E-state index in [2.05, 4.69) is 21.1 Å². The second kappa shape index (κ2) is 7.74. The van der Waals surface area contributed by atoms with E-state index in [4.69, 9.17) is 9.78 Å². The van der Waals surface area contributed by atoms with E-state index in [-0.39, 0.29) is 5.92 Å². The first-order valence-corrected chi connectivity index (χ1v) is 6.20. The molecule has 0 rings (SSSR count). The fraction of sp³-hybridized carbons (Fsp3) is 0.692. The molecular formula is C13H22O7. The number of hydrogen-bond donors (Lipinski definition) is 0. The molecule has 0 atom stereocenters. The van der Waals surface area contributed by atoms with Crippen molar-refractivity contribution in [3.8, 4) is 0 Å². The minimum atomic E-state index is -1.13. The molecule has 0 N–H and O–H groups in total. The molecule has 0 amide bonds. The summed E-state index contributed by atoms with van der Waals surface area (Å²) >= 11 is 0. The van der Waals surface area contributed by atoms with E-state index in [1.165, 1.54) is 0 Å². The maximum atomic E-state index is 11.4. The van der Waals surface area contributed by atoms with Gasteiger partial charge in [-0.2, -0.15) is 9.68 Å². The van der Waals surface area contributed by atoms with Crippen LogP contribution < -0.4 is 0 Å². The van der Waals surface area contributed by atoms with E-state index >= 15 is 0 Å². The van der Waals surface area contributed by atoms with Crippen LogP contribution in [0, 0.1) is 5.92 Å². The zero-order valence-electron chi connectivity index (χ0n) is 12.7. The van der Waals surface area contributed by atoms with Gasteiger partial charge in [0.05, 0.1) is 6.10 Å². The van der Waals surface area contributed by atoms with Crippen molar-refractivity contribution in [3.63, 3.8) is 0 Å². The summed E-state index contributed by atoms with van der Waals surface area (Å²) in [6.45, 7) is 14.0. The molecule has 0 spiro atoms. The van der Waals surface area contributed by atoms with Gasteiger partial charge in [-0.3, -0.25) is 0 Å². The molecule has 0 aromatic rings. The average molecular weight is 290 g/mol. The first-order valence-electron chi connectivity index (χ1n) is 6.20. The molecule has 0 bridgehead atoms. The first kappa shape index (κ1) is 18.2. The Morgan fingerprint density at radius 2 is 1.55 bits per heavy atom. The van der Waals surface area contributed by atoms with Crippen LogP contribution in [0.25, 0.3) is 0 Å². The van der Waals surface area contributed by atoms with Crippen LogP contribution in [0.5, 0.6) is 0 Å². The monoisotopic (exact) mass is 290 g/mol. The summed E-state index contributed by atoms with van der Waals surface area (Å²) in [6.07, 6.45) is -1.53. The fourth-order valence-electron chi connectivity index (χ4n) is 0.618. The summed E-state index contributed by atoms with van der Waals surface area (Å²) in [4.78, 5) is 40.4. The van der Waals surface area contributed by atoms with Crippen LogP contribution in [0.15, 0.2) is 12.3 Å².